The average Bonchev–Trinajstić information content (AvgIpc) is 2.64. The van der Waals surface area contributed by atoms with Gasteiger partial charge in [0.25, 0.3) is 0 Å². The number of hydrogen-bond acceptors (Lipinski definition) is 4. The van der Waals surface area contributed by atoms with Crippen molar-refractivity contribution in [3.63, 3.8) is 0 Å². The van der Waals surface area contributed by atoms with Gasteiger partial charge < -0.3 is 10.6 Å². The molecule has 0 aromatic rings. The van der Waals surface area contributed by atoms with Crippen LogP contribution in [0.3, 0.4) is 0 Å². The number of rotatable bonds is 4. The number of carbonyl (C=O) groups excluding carboxylic acids is 2. The van der Waals surface area contributed by atoms with Crippen molar-refractivity contribution in [3.8, 4) is 0 Å². The second-order valence-electron chi connectivity index (χ2n) is 8.58. The molecule has 3 fully saturated rings. The second kappa shape index (κ2) is 9.72. The number of amides is 2. The highest BCUT2D eigenvalue weighted by Gasteiger charge is 2.30. The van der Waals surface area contributed by atoms with Crippen molar-refractivity contribution >= 4 is 37.1 Å². The summed E-state index contributed by atoms with van der Waals surface area (Å²) in [7, 11) is 0. The molecule has 2 amide bonds. The van der Waals surface area contributed by atoms with Gasteiger partial charge in [-0.3, -0.25) is 9.59 Å². The third-order valence-electron chi connectivity index (χ3n) is 6.55. The van der Waals surface area contributed by atoms with E-state index >= 15 is 0 Å². The predicted octanol–water partition coefficient (Wildman–Crippen LogP) is 3.51. The van der Waals surface area contributed by atoms with E-state index in [0.29, 0.717) is 10.5 Å². The van der Waals surface area contributed by atoms with Crippen LogP contribution in [0.15, 0.2) is 0 Å². The molecule has 2 N–H and O–H groups in total. The van der Waals surface area contributed by atoms with Gasteiger partial charge in [0.1, 0.15) is 0 Å². The maximum Gasteiger partial charge on any atom is 0.223 e. The Morgan fingerprint density at radius 3 is 1.15 bits per heavy atom. The summed E-state index contributed by atoms with van der Waals surface area (Å²) in [5, 5.41) is 7.47. The molecule has 0 saturated heterocycles. The number of thiol groups is 2. The Bertz CT molecular complexity index is 434. The first-order valence-corrected chi connectivity index (χ1v) is 11.5. The van der Waals surface area contributed by atoms with Crippen LogP contribution in [-0.4, -0.2) is 34.4 Å². The van der Waals surface area contributed by atoms with Crippen molar-refractivity contribution in [1.82, 2.24) is 10.6 Å². The van der Waals surface area contributed by atoms with Crippen molar-refractivity contribution < 1.29 is 9.59 Å². The quantitative estimate of drug-likeness (QED) is 0.548. The van der Waals surface area contributed by atoms with E-state index in [4.69, 9.17) is 0 Å². The zero-order chi connectivity index (χ0) is 18.5. The summed E-state index contributed by atoms with van der Waals surface area (Å²) < 4.78 is 0. The van der Waals surface area contributed by atoms with E-state index in [-0.39, 0.29) is 35.7 Å². The standard InChI is InChI=1S/C20H34N2O2S2/c23-19(13-1-9-17(25)10-2-13)21-15-5-7-16(8-6-15)22-20(24)14-3-11-18(26)12-4-14/h13-18,25-26H,1-12H2,(H,21,23)(H,22,24). The molecule has 3 aliphatic carbocycles. The van der Waals surface area contributed by atoms with Gasteiger partial charge in [0.2, 0.25) is 11.8 Å². The molecule has 3 rings (SSSR count). The Balaban J connectivity index is 1.35. The molecular formula is C20H34N2O2S2. The molecule has 3 saturated carbocycles. The monoisotopic (exact) mass is 398 g/mol. The molecule has 4 nitrogen and oxygen atoms in total. The normalized spacial score (nSPS) is 38.4. The van der Waals surface area contributed by atoms with Crippen LogP contribution in [0.25, 0.3) is 0 Å². The third kappa shape index (κ3) is 5.82. The molecule has 26 heavy (non-hydrogen) atoms. The summed E-state index contributed by atoms with van der Waals surface area (Å²) >= 11 is 9.02. The van der Waals surface area contributed by atoms with Gasteiger partial charge in [-0.05, 0) is 77.0 Å². The highest BCUT2D eigenvalue weighted by atomic mass is 32.1. The molecule has 0 atom stereocenters. The molecule has 0 radical (unpaired) electrons. The molecule has 3 aliphatic rings. The predicted molar refractivity (Wildman–Crippen MR) is 112 cm³/mol. The highest BCUT2D eigenvalue weighted by molar-refractivity contribution is 7.81. The van der Waals surface area contributed by atoms with Gasteiger partial charge in [-0.25, -0.2) is 0 Å². The van der Waals surface area contributed by atoms with E-state index in [0.717, 1.165) is 77.0 Å². The molecule has 0 aromatic carbocycles. The van der Waals surface area contributed by atoms with Gasteiger partial charge in [-0.2, -0.15) is 25.3 Å². The van der Waals surface area contributed by atoms with Crippen LogP contribution in [0.4, 0.5) is 0 Å². The van der Waals surface area contributed by atoms with Gasteiger partial charge >= 0.3 is 0 Å². The topological polar surface area (TPSA) is 58.2 Å². The fourth-order valence-electron chi connectivity index (χ4n) is 4.70. The van der Waals surface area contributed by atoms with Crippen LogP contribution in [0.2, 0.25) is 0 Å². The molecule has 0 heterocycles. The van der Waals surface area contributed by atoms with E-state index in [1.807, 2.05) is 0 Å². The summed E-state index contributed by atoms with van der Waals surface area (Å²) in [6.45, 7) is 0. The van der Waals surface area contributed by atoms with Gasteiger partial charge in [0, 0.05) is 34.4 Å². The number of hydrogen-bond donors (Lipinski definition) is 4. The van der Waals surface area contributed by atoms with Crippen LogP contribution in [0.1, 0.15) is 77.0 Å². The van der Waals surface area contributed by atoms with Crippen LogP contribution < -0.4 is 10.6 Å². The van der Waals surface area contributed by atoms with Crippen molar-refractivity contribution in [3.05, 3.63) is 0 Å². The molecule has 0 aliphatic heterocycles. The first kappa shape index (κ1) is 20.4. The maximum atomic E-state index is 12.5. The van der Waals surface area contributed by atoms with Crippen molar-refractivity contribution in [2.75, 3.05) is 0 Å². The highest BCUT2D eigenvalue weighted by Crippen LogP contribution is 2.29. The molecule has 0 aromatic heterocycles. The summed E-state index contributed by atoms with van der Waals surface area (Å²) in [5.41, 5.74) is 0. The second-order valence-corrected chi connectivity index (χ2v) is 10.0. The lowest BCUT2D eigenvalue weighted by molar-refractivity contribution is -0.128. The Hall–Kier alpha value is -0.360. The zero-order valence-corrected chi connectivity index (χ0v) is 17.4. The van der Waals surface area contributed by atoms with Crippen LogP contribution >= 0.6 is 25.3 Å². The van der Waals surface area contributed by atoms with E-state index < -0.39 is 0 Å². The molecule has 0 spiro atoms. The Morgan fingerprint density at radius 2 is 0.846 bits per heavy atom. The van der Waals surface area contributed by atoms with Gasteiger partial charge in [-0.15, -0.1) is 0 Å². The van der Waals surface area contributed by atoms with Crippen LogP contribution in [-0.2, 0) is 9.59 Å². The molecule has 0 bridgehead atoms. The summed E-state index contributed by atoms with van der Waals surface area (Å²) in [5.74, 6) is 0.832. The smallest absolute Gasteiger partial charge is 0.223 e. The molecular weight excluding hydrogens is 364 g/mol. The lowest BCUT2D eigenvalue weighted by Crippen LogP contribution is -2.47. The Kier molecular flexibility index (Phi) is 7.62. The van der Waals surface area contributed by atoms with Crippen molar-refractivity contribution in [2.45, 2.75) is 99.6 Å². The van der Waals surface area contributed by atoms with E-state index in [1.165, 1.54) is 0 Å². The third-order valence-corrected chi connectivity index (χ3v) is 7.59. The van der Waals surface area contributed by atoms with Crippen LogP contribution in [0, 0.1) is 11.8 Å². The van der Waals surface area contributed by atoms with Crippen LogP contribution in [0.5, 0.6) is 0 Å². The SMILES string of the molecule is O=C(NC1CCC(NC(=O)C2CCC(S)CC2)CC1)C1CCC(S)CC1. The Labute approximate surface area is 168 Å². The molecule has 0 unspecified atom stereocenters. The minimum atomic E-state index is 0.179. The lowest BCUT2D eigenvalue weighted by Gasteiger charge is -2.33. The van der Waals surface area contributed by atoms with E-state index in [2.05, 4.69) is 35.9 Å². The molecule has 6 heteroatoms. The first-order chi connectivity index (χ1) is 12.5. The van der Waals surface area contributed by atoms with Gasteiger partial charge in [0.15, 0.2) is 0 Å². The van der Waals surface area contributed by atoms with Gasteiger partial charge in [-0.1, -0.05) is 0 Å². The minimum Gasteiger partial charge on any atom is -0.353 e. The fraction of sp³-hybridized carbons (Fsp3) is 0.900. The Morgan fingerprint density at radius 1 is 0.538 bits per heavy atom. The number of nitrogens with one attached hydrogen (secondary N) is 2. The number of carbonyl (C=O) groups is 2. The summed E-state index contributed by atoms with van der Waals surface area (Å²) in [6, 6.07) is 0.563. The lowest BCUT2D eigenvalue weighted by atomic mass is 9.85. The summed E-state index contributed by atoms with van der Waals surface area (Å²) in [4.78, 5) is 24.9. The van der Waals surface area contributed by atoms with Crippen molar-refractivity contribution in [2.24, 2.45) is 11.8 Å². The van der Waals surface area contributed by atoms with E-state index in [1.54, 1.807) is 0 Å². The van der Waals surface area contributed by atoms with Gasteiger partial charge in [0.05, 0.1) is 0 Å². The summed E-state index contributed by atoms with van der Waals surface area (Å²) in [6.07, 6.45) is 12.0. The first-order valence-electron chi connectivity index (χ1n) is 10.5. The fourth-order valence-corrected chi connectivity index (χ4v) is 5.29. The van der Waals surface area contributed by atoms with Crippen molar-refractivity contribution in [1.29, 1.82) is 0 Å². The van der Waals surface area contributed by atoms with E-state index in [9.17, 15) is 9.59 Å². The molecule has 148 valence electrons. The maximum absolute atomic E-state index is 12.5. The minimum absolute atomic E-state index is 0.179. The zero-order valence-electron chi connectivity index (χ0n) is 15.7. The average molecular weight is 399 g/mol. The largest absolute Gasteiger partial charge is 0.353 e.